The molecule has 1 saturated heterocycles. The number of hydrogen-bond acceptors (Lipinski definition) is 5. The molecule has 0 spiro atoms. The summed E-state index contributed by atoms with van der Waals surface area (Å²) in [6.45, 7) is 1.78. The third-order valence-corrected chi connectivity index (χ3v) is 3.91. The molecule has 1 aliphatic heterocycles. The van der Waals surface area contributed by atoms with E-state index < -0.39 is 24.7 Å². The minimum absolute atomic E-state index is 0.145. The molecule has 0 saturated carbocycles. The van der Waals surface area contributed by atoms with Crippen LogP contribution in [0.15, 0.2) is 22.8 Å². The fourth-order valence-corrected chi connectivity index (χ4v) is 2.63. The van der Waals surface area contributed by atoms with Crippen LogP contribution in [-0.2, 0) is 16.1 Å². The zero-order valence-corrected chi connectivity index (χ0v) is 14.5. The molecule has 7 nitrogen and oxygen atoms in total. The molecule has 0 N–H and O–H groups in total. The molecule has 1 aliphatic rings. The van der Waals surface area contributed by atoms with Gasteiger partial charge >= 0.3 is 12.3 Å². The zero-order chi connectivity index (χ0) is 19.2. The van der Waals surface area contributed by atoms with Crippen molar-refractivity contribution in [3.8, 4) is 0 Å². The van der Waals surface area contributed by atoms with Crippen molar-refractivity contribution < 1.29 is 31.9 Å². The molecule has 146 valence electrons. The SMILES string of the molecule is CCOC(=O)N1CCN(CC(=O)N(Cc2ccco2)CC(F)(F)F)CC1. The quantitative estimate of drug-likeness (QED) is 0.758. The van der Waals surface area contributed by atoms with E-state index in [2.05, 4.69) is 0 Å². The minimum Gasteiger partial charge on any atom is -0.467 e. The van der Waals surface area contributed by atoms with E-state index in [0.717, 1.165) is 4.90 Å². The second-order valence-electron chi connectivity index (χ2n) is 5.91. The lowest BCUT2D eigenvalue weighted by Crippen LogP contribution is -2.52. The molecule has 0 aliphatic carbocycles. The van der Waals surface area contributed by atoms with E-state index in [1.165, 1.54) is 17.2 Å². The predicted molar refractivity (Wildman–Crippen MR) is 85.2 cm³/mol. The van der Waals surface area contributed by atoms with Gasteiger partial charge in [-0.25, -0.2) is 4.79 Å². The molecule has 1 fully saturated rings. The van der Waals surface area contributed by atoms with Crippen LogP contribution in [0.25, 0.3) is 0 Å². The number of carbonyl (C=O) groups is 2. The van der Waals surface area contributed by atoms with E-state index in [0.29, 0.717) is 26.2 Å². The third-order valence-electron chi connectivity index (χ3n) is 3.91. The van der Waals surface area contributed by atoms with Gasteiger partial charge in [-0.2, -0.15) is 13.2 Å². The van der Waals surface area contributed by atoms with E-state index in [1.807, 2.05) is 0 Å². The molecule has 0 unspecified atom stereocenters. The highest BCUT2D eigenvalue weighted by molar-refractivity contribution is 5.78. The molecular weight excluding hydrogens is 355 g/mol. The van der Waals surface area contributed by atoms with Gasteiger partial charge in [0.25, 0.3) is 0 Å². The van der Waals surface area contributed by atoms with Gasteiger partial charge in [0.05, 0.1) is 26.0 Å². The lowest BCUT2D eigenvalue weighted by Gasteiger charge is -2.34. The number of hydrogen-bond donors (Lipinski definition) is 0. The highest BCUT2D eigenvalue weighted by Crippen LogP contribution is 2.19. The molecule has 0 aromatic carbocycles. The van der Waals surface area contributed by atoms with Crippen LogP contribution in [0.1, 0.15) is 12.7 Å². The summed E-state index contributed by atoms with van der Waals surface area (Å²) >= 11 is 0. The molecule has 1 aromatic rings. The van der Waals surface area contributed by atoms with E-state index in [1.54, 1.807) is 17.9 Å². The highest BCUT2D eigenvalue weighted by atomic mass is 19.4. The first-order valence-electron chi connectivity index (χ1n) is 8.29. The molecule has 2 rings (SSSR count). The van der Waals surface area contributed by atoms with Crippen LogP contribution in [0, 0.1) is 0 Å². The standard InChI is InChI=1S/C16H22F3N3O4/c1-2-25-15(24)21-7-5-20(6-8-21)11-14(23)22(12-16(17,18)19)10-13-4-3-9-26-13/h3-4,9H,2,5-8,10-12H2,1H3. The Bertz CT molecular complexity index is 584. The maximum atomic E-state index is 12.8. The summed E-state index contributed by atoms with van der Waals surface area (Å²) in [4.78, 5) is 28.0. The van der Waals surface area contributed by atoms with Crippen molar-refractivity contribution >= 4 is 12.0 Å². The zero-order valence-electron chi connectivity index (χ0n) is 14.5. The Labute approximate surface area is 149 Å². The molecule has 2 amide bonds. The van der Waals surface area contributed by atoms with Gasteiger partial charge in [0.15, 0.2) is 0 Å². The Morgan fingerprint density at radius 1 is 1.27 bits per heavy atom. The van der Waals surface area contributed by atoms with Crippen LogP contribution in [0.5, 0.6) is 0 Å². The molecule has 1 aromatic heterocycles. The number of carbonyl (C=O) groups excluding carboxylic acids is 2. The summed E-state index contributed by atoms with van der Waals surface area (Å²) in [6.07, 6.45) is -3.57. The Morgan fingerprint density at radius 2 is 1.96 bits per heavy atom. The van der Waals surface area contributed by atoms with Gasteiger partial charge in [-0.05, 0) is 19.1 Å². The van der Waals surface area contributed by atoms with Crippen LogP contribution >= 0.6 is 0 Å². The van der Waals surface area contributed by atoms with Crippen LogP contribution in [0.3, 0.4) is 0 Å². The summed E-state index contributed by atoms with van der Waals surface area (Å²) in [7, 11) is 0. The summed E-state index contributed by atoms with van der Waals surface area (Å²) in [6, 6.07) is 3.08. The number of amides is 2. The smallest absolute Gasteiger partial charge is 0.409 e. The Kier molecular flexibility index (Phi) is 6.90. The normalized spacial score (nSPS) is 15.8. The van der Waals surface area contributed by atoms with Gasteiger partial charge in [0.2, 0.25) is 5.91 Å². The van der Waals surface area contributed by atoms with Crippen molar-refractivity contribution in [1.82, 2.24) is 14.7 Å². The van der Waals surface area contributed by atoms with Crippen molar-refractivity contribution in [2.45, 2.75) is 19.6 Å². The minimum atomic E-state index is -4.50. The summed E-state index contributed by atoms with van der Waals surface area (Å²) < 4.78 is 48.3. The van der Waals surface area contributed by atoms with Gasteiger partial charge in [0.1, 0.15) is 12.3 Å². The number of piperazine rings is 1. The predicted octanol–water partition coefficient (Wildman–Crippen LogP) is 1.94. The summed E-state index contributed by atoms with van der Waals surface area (Å²) in [5, 5.41) is 0. The van der Waals surface area contributed by atoms with Crippen LogP contribution < -0.4 is 0 Å². The lowest BCUT2D eigenvalue weighted by atomic mass is 10.3. The number of halogens is 3. The molecule has 0 bridgehead atoms. The van der Waals surface area contributed by atoms with Crippen molar-refractivity contribution in [3.05, 3.63) is 24.2 Å². The Balaban J connectivity index is 1.89. The molecule has 2 heterocycles. The van der Waals surface area contributed by atoms with Crippen molar-refractivity contribution in [1.29, 1.82) is 0 Å². The first-order chi connectivity index (χ1) is 12.3. The van der Waals surface area contributed by atoms with Gasteiger partial charge in [0, 0.05) is 26.2 Å². The number of ether oxygens (including phenoxy) is 1. The average Bonchev–Trinajstić information content (AvgIpc) is 3.07. The van der Waals surface area contributed by atoms with Crippen LogP contribution in [0.2, 0.25) is 0 Å². The summed E-state index contributed by atoms with van der Waals surface area (Å²) in [5.74, 6) is -0.349. The second kappa shape index (κ2) is 8.93. The van der Waals surface area contributed by atoms with Crippen molar-refractivity contribution in [3.63, 3.8) is 0 Å². The molecule has 26 heavy (non-hydrogen) atoms. The molecular formula is C16H22F3N3O4. The van der Waals surface area contributed by atoms with Crippen LogP contribution in [0.4, 0.5) is 18.0 Å². The third kappa shape index (κ3) is 6.25. The Hall–Kier alpha value is -2.23. The number of alkyl halides is 3. The Morgan fingerprint density at radius 3 is 2.50 bits per heavy atom. The average molecular weight is 377 g/mol. The number of nitrogens with zero attached hydrogens (tertiary/aromatic N) is 3. The van der Waals surface area contributed by atoms with E-state index in [-0.39, 0.29) is 25.5 Å². The van der Waals surface area contributed by atoms with Gasteiger partial charge in [-0.3, -0.25) is 9.69 Å². The maximum Gasteiger partial charge on any atom is 0.409 e. The molecule has 10 heteroatoms. The first kappa shape index (κ1) is 20.1. The number of rotatable bonds is 6. The second-order valence-corrected chi connectivity index (χ2v) is 5.91. The number of furan rings is 1. The molecule has 0 radical (unpaired) electrons. The molecule has 0 atom stereocenters. The topological polar surface area (TPSA) is 66.2 Å². The van der Waals surface area contributed by atoms with Crippen molar-refractivity contribution in [2.24, 2.45) is 0 Å². The van der Waals surface area contributed by atoms with Crippen molar-refractivity contribution in [2.75, 3.05) is 45.9 Å². The van der Waals surface area contributed by atoms with E-state index in [4.69, 9.17) is 9.15 Å². The van der Waals surface area contributed by atoms with Crippen LogP contribution in [-0.4, -0.2) is 78.8 Å². The van der Waals surface area contributed by atoms with Gasteiger partial charge in [-0.1, -0.05) is 0 Å². The van der Waals surface area contributed by atoms with E-state index >= 15 is 0 Å². The maximum absolute atomic E-state index is 12.8. The largest absolute Gasteiger partial charge is 0.467 e. The van der Waals surface area contributed by atoms with Gasteiger partial charge in [-0.15, -0.1) is 0 Å². The van der Waals surface area contributed by atoms with E-state index in [9.17, 15) is 22.8 Å². The van der Waals surface area contributed by atoms with Gasteiger partial charge < -0.3 is 19.0 Å². The summed E-state index contributed by atoms with van der Waals surface area (Å²) in [5.41, 5.74) is 0. The first-order valence-corrected chi connectivity index (χ1v) is 8.29. The fraction of sp³-hybridized carbons (Fsp3) is 0.625. The fourth-order valence-electron chi connectivity index (χ4n) is 2.63. The highest BCUT2D eigenvalue weighted by Gasteiger charge is 2.34. The monoisotopic (exact) mass is 377 g/mol. The lowest BCUT2D eigenvalue weighted by molar-refractivity contribution is -0.163.